The topological polar surface area (TPSA) is 20.2 Å². The van der Waals surface area contributed by atoms with E-state index in [9.17, 15) is 5.11 Å². The van der Waals surface area contributed by atoms with Crippen molar-refractivity contribution in [3.05, 3.63) is 24.3 Å². The molecular formula is C12H16OS. The quantitative estimate of drug-likeness (QED) is 0.765. The summed E-state index contributed by atoms with van der Waals surface area (Å²) in [6, 6.07) is 7.52. The number of hydrogen-bond donors (Lipinski definition) is 1. The summed E-state index contributed by atoms with van der Waals surface area (Å²) in [6.07, 6.45) is 4.11. The van der Waals surface area contributed by atoms with E-state index in [1.165, 1.54) is 29.9 Å². The molecule has 1 fully saturated rings. The van der Waals surface area contributed by atoms with E-state index in [0.29, 0.717) is 11.2 Å². The van der Waals surface area contributed by atoms with Gasteiger partial charge in [-0.05, 0) is 36.5 Å². The standard InChI is InChI=1S/C12H16OS/c1-12(6-3-7-12)9-14-11-5-2-4-10(13)8-11/h2,4-5,8,13H,3,6-7,9H2,1H3. The third-order valence-corrected chi connectivity index (χ3v) is 4.39. The maximum Gasteiger partial charge on any atom is 0.116 e. The molecule has 0 heterocycles. The Morgan fingerprint density at radius 3 is 2.79 bits per heavy atom. The van der Waals surface area contributed by atoms with Crippen molar-refractivity contribution in [1.29, 1.82) is 0 Å². The largest absolute Gasteiger partial charge is 0.508 e. The lowest BCUT2D eigenvalue weighted by atomic mass is 9.72. The monoisotopic (exact) mass is 208 g/mol. The average molecular weight is 208 g/mol. The Kier molecular flexibility index (Phi) is 2.73. The van der Waals surface area contributed by atoms with Gasteiger partial charge in [-0.3, -0.25) is 0 Å². The summed E-state index contributed by atoms with van der Waals surface area (Å²) in [5.74, 6) is 1.55. The van der Waals surface area contributed by atoms with Gasteiger partial charge in [0.25, 0.3) is 0 Å². The number of aromatic hydroxyl groups is 1. The number of thioether (sulfide) groups is 1. The summed E-state index contributed by atoms with van der Waals surface area (Å²) in [4.78, 5) is 1.18. The Morgan fingerprint density at radius 1 is 1.43 bits per heavy atom. The molecule has 0 radical (unpaired) electrons. The third kappa shape index (κ3) is 2.24. The maximum atomic E-state index is 9.30. The molecule has 1 aromatic rings. The first-order valence-electron chi connectivity index (χ1n) is 5.10. The predicted molar refractivity (Wildman–Crippen MR) is 60.8 cm³/mol. The number of rotatable bonds is 3. The zero-order valence-electron chi connectivity index (χ0n) is 8.49. The SMILES string of the molecule is CC1(CSc2cccc(O)c2)CCC1. The van der Waals surface area contributed by atoms with Crippen molar-refractivity contribution in [2.24, 2.45) is 5.41 Å². The predicted octanol–water partition coefficient (Wildman–Crippen LogP) is 3.67. The Balaban J connectivity index is 1.91. The Morgan fingerprint density at radius 2 is 2.21 bits per heavy atom. The van der Waals surface area contributed by atoms with E-state index in [1.807, 2.05) is 23.9 Å². The van der Waals surface area contributed by atoms with Crippen LogP contribution in [0.3, 0.4) is 0 Å². The van der Waals surface area contributed by atoms with Gasteiger partial charge in [-0.1, -0.05) is 19.4 Å². The van der Waals surface area contributed by atoms with Crippen LogP contribution in [0.1, 0.15) is 26.2 Å². The van der Waals surface area contributed by atoms with Crippen LogP contribution in [0.4, 0.5) is 0 Å². The fourth-order valence-corrected chi connectivity index (χ4v) is 2.94. The lowest BCUT2D eigenvalue weighted by Gasteiger charge is -2.38. The smallest absolute Gasteiger partial charge is 0.116 e. The number of benzene rings is 1. The zero-order chi connectivity index (χ0) is 10.0. The van der Waals surface area contributed by atoms with Crippen LogP contribution in [0.25, 0.3) is 0 Å². The molecule has 14 heavy (non-hydrogen) atoms. The van der Waals surface area contributed by atoms with Gasteiger partial charge in [0.15, 0.2) is 0 Å². The highest BCUT2D eigenvalue weighted by molar-refractivity contribution is 7.99. The van der Waals surface area contributed by atoms with Crippen LogP contribution >= 0.6 is 11.8 Å². The lowest BCUT2D eigenvalue weighted by molar-refractivity contribution is 0.197. The first kappa shape index (κ1) is 9.91. The molecule has 0 unspecified atom stereocenters. The molecule has 0 atom stereocenters. The minimum atomic E-state index is 0.369. The van der Waals surface area contributed by atoms with Gasteiger partial charge >= 0.3 is 0 Å². The van der Waals surface area contributed by atoms with E-state index in [2.05, 4.69) is 13.0 Å². The normalized spacial score (nSPS) is 18.9. The van der Waals surface area contributed by atoms with Gasteiger partial charge in [-0.15, -0.1) is 11.8 Å². The molecule has 1 aliphatic carbocycles. The molecule has 1 N–H and O–H groups in total. The second-order valence-corrected chi connectivity index (χ2v) is 5.50. The first-order valence-corrected chi connectivity index (χ1v) is 6.08. The summed E-state index contributed by atoms with van der Waals surface area (Å²) >= 11 is 1.86. The van der Waals surface area contributed by atoms with Crippen LogP contribution in [0.15, 0.2) is 29.2 Å². The van der Waals surface area contributed by atoms with Crippen LogP contribution in [0, 0.1) is 5.41 Å². The molecule has 0 spiro atoms. The van der Waals surface area contributed by atoms with Gasteiger partial charge in [0.05, 0.1) is 0 Å². The van der Waals surface area contributed by atoms with Gasteiger partial charge in [0.1, 0.15) is 5.75 Å². The van der Waals surface area contributed by atoms with E-state index >= 15 is 0 Å². The second-order valence-electron chi connectivity index (χ2n) is 4.45. The molecule has 0 amide bonds. The number of hydrogen-bond acceptors (Lipinski definition) is 2. The van der Waals surface area contributed by atoms with Gasteiger partial charge in [0, 0.05) is 10.6 Å². The van der Waals surface area contributed by atoms with Crippen molar-refractivity contribution in [2.75, 3.05) is 5.75 Å². The van der Waals surface area contributed by atoms with E-state index in [0.717, 1.165) is 0 Å². The molecule has 0 aliphatic heterocycles. The number of phenols is 1. The molecule has 76 valence electrons. The summed E-state index contributed by atoms with van der Waals surface area (Å²) < 4.78 is 0. The van der Waals surface area contributed by atoms with Crippen LogP contribution in [-0.2, 0) is 0 Å². The van der Waals surface area contributed by atoms with Gasteiger partial charge < -0.3 is 5.11 Å². The molecule has 0 saturated heterocycles. The highest BCUT2D eigenvalue weighted by atomic mass is 32.2. The first-order chi connectivity index (χ1) is 6.68. The van der Waals surface area contributed by atoms with Crippen molar-refractivity contribution < 1.29 is 5.11 Å². The van der Waals surface area contributed by atoms with Crippen molar-refractivity contribution in [3.8, 4) is 5.75 Å². The number of phenolic OH excluding ortho intramolecular Hbond substituents is 1. The molecule has 1 aliphatic rings. The highest BCUT2D eigenvalue weighted by Gasteiger charge is 2.31. The van der Waals surface area contributed by atoms with Gasteiger partial charge in [0.2, 0.25) is 0 Å². The Bertz CT molecular complexity index is 318. The van der Waals surface area contributed by atoms with Gasteiger partial charge in [-0.25, -0.2) is 0 Å². The average Bonchev–Trinajstić information content (AvgIpc) is 2.12. The minimum absolute atomic E-state index is 0.369. The van der Waals surface area contributed by atoms with E-state index in [-0.39, 0.29) is 0 Å². The van der Waals surface area contributed by atoms with Gasteiger partial charge in [-0.2, -0.15) is 0 Å². The van der Waals surface area contributed by atoms with Crippen molar-refractivity contribution in [2.45, 2.75) is 31.1 Å². The van der Waals surface area contributed by atoms with E-state index < -0.39 is 0 Å². The summed E-state index contributed by atoms with van der Waals surface area (Å²) in [7, 11) is 0. The van der Waals surface area contributed by atoms with Crippen molar-refractivity contribution in [3.63, 3.8) is 0 Å². The molecule has 1 saturated carbocycles. The van der Waals surface area contributed by atoms with Crippen LogP contribution in [0.5, 0.6) is 5.75 Å². The summed E-state index contributed by atoms with van der Waals surface area (Å²) in [5.41, 5.74) is 0.552. The Labute approximate surface area is 89.5 Å². The molecule has 1 aromatic carbocycles. The van der Waals surface area contributed by atoms with Crippen molar-refractivity contribution >= 4 is 11.8 Å². The second kappa shape index (κ2) is 3.85. The van der Waals surface area contributed by atoms with Crippen molar-refractivity contribution in [1.82, 2.24) is 0 Å². The molecule has 2 heteroatoms. The minimum Gasteiger partial charge on any atom is -0.508 e. The van der Waals surface area contributed by atoms with Crippen LogP contribution in [-0.4, -0.2) is 10.9 Å². The molecule has 1 nitrogen and oxygen atoms in total. The van der Waals surface area contributed by atoms with E-state index in [1.54, 1.807) is 6.07 Å². The lowest BCUT2D eigenvalue weighted by Crippen LogP contribution is -2.27. The van der Waals surface area contributed by atoms with Crippen LogP contribution in [0.2, 0.25) is 0 Å². The zero-order valence-corrected chi connectivity index (χ0v) is 9.31. The fourth-order valence-electron chi connectivity index (χ4n) is 1.76. The molecule has 0 aromatic heterocycles. The summed E-state index contributed by atoms with van der Waals surface area (Å²) in [5, 5.41) is 9.30. The third-order valence-electron chi connectivity index (χ3n) is 2.97. The van der Waals surface area contributed by atoms with Crippen LogP contribution < -0.4 is 0 Å². The molecular weight excluding hydrogens is 192 g/mol. The fraction of sp³-hybridized carbons (Fsp3) is 0.500. The maximum absolute atomic E-state index is 9.30. The Hall–Kier alpha value is -0.630. The molecule has 2 rings (SSSR count). The summed E-state index contributed by atoms with van der Waals surface area (Å²) in [6.45, 7) is 2.35. The molecule has 0 bridgehead atoms. The van der Waals surface area contributed by atoms with E-state index in [4.69, 9.17) is 0 Å². The highest BCUT2D eigenvalue weighted by Crippen LogP contribution is 2.44.